The molecule has 5 nitrogen and oxygen atoms in total. The SMILES string of the molecule is Cl.Cl.Cn1cncc1C(OCc1cc(Cl)nc(Cl)c1)c1ccc(C#N)c(-c2cccc3ccccc23)c1. The van der Waals surface area contributed by atoms with Crippen molar-refractivity contribution in [2.45, 2.75) is 12.7 Å². The average molecular weight is 572 g/mol. The van der Waals surface area contributed by atoms with Crippen LogP contribution in [0.4, 0.5) is 0 Å². The molecule has 1 unspecified atom stereocenters. The molecule has 9 heteroatoms. The van der Waals surface area contributed by atoms with Gasteiger partial charge in [0, 0.05) is 12.6 Å². The Labute approximate surface area is 237 Å². The van der Waals surface area contributed by atoms with Gasteiger partial charge < -0.3 is 9.30 Å². The first kappa shape index (κ1) is 28.5. The third-order valence-corrected chi connectivity index (χ3v) is 6.30. The molecule has 37 heavy (non-hydrogen) atoms. The highest BCUT2D eigenvalue weighted by molar-refractivity contribution is 6.32. The van der Waals surface area contributed by atoms with Crippen LogP contribution in [-0.2, 0) is 18.4 Å². The number of halogens is 4. The molecule has 0 fully saturated rings. The number of rotatable bonds is 6. The number of nitriles is 1. The van der Waals surface area contributed by atoms with Crippen LogP contribution in [0.25, 0.3) is 21.9 Å². The van der Waals surface area contributed by atoms with E-state index in [2.05, 4.69) is 34.2 Å². The van der Waals surface area contributed by atoms with E-state index in [-0.39, 0.29) is 31.4 Å². The smallest absolute Gasteiger partial charge is 0.131 e. The summed E-state index contributed by atoms with van der Waals surface area (Å²) >= 11 is 12.2. The van der Waals surface area contributed by atoms with Gasteiger partial charge in [-0.2, -0.15) is 5.26 Å². The van der Waals surface area contributed by atoms with Gasteiger partial charge in [0.05, 0.1) is 36.5 Å². The fourth-order valence-corrected chi connectivity index (χ4v) is 4.76. The van der Waals surface area contributed by atoms with Crippen LogP contribution in [-0.4, -0.2) is 14.5 Å². The van der Waals surface area contributed by atoms with Crippen molar-refractivity contribution in [3.8, 4) is 17.2 Å². The number of hydrogen-bond donors (Lipinski definition) is 0. The van der Waals surface area contributed by atoms with Crippen LogP contribution in [0.15, 0.2) is 85.3 Å². The topological polar surface area (TPSA) is 63.7 Å². The summed E-state index contributed by atoms with van der Waals surface area (Å²) in [4.78, 5) is 8.29. The molecule has 0 aliphatic rings. The molecule has 0 N–H and O–H groups in total. The van der Waals surface area contributed by atoms with Crippen LogP contribution < -0.4 is 0 Å². The first-order valence-electron chi connectivity index (χ1n) is 11.0. The van der Waals surface area contributed by atoms with Gasteiger partial charge in [-0.15, -0.1) is 24.8 Å². The summed E-state index contributed by atoms with van der Waals surface area (Å²) in [6, 6.07) is 25.9. The quantitative estimate of drug-likeness (QED) is 0.194. The van der Waals surface area contributed by atoms with E-state index in [1.54, 1.807) is 24.7 Å². The van der Waals surface area contributed by atoms with Gasteiger partial charge >= 0.3 is 0 Å². The molecule has 0 bridgehead atoms. The Morgan fingerprint density at radius 2 is 1.68 bits per heavy atom. The Kier molecular flexibility index (Phi) is 9.56. The summed E-state index contributed by atoms with van der Waals surface area (Å²) in [5.74, 6) is 0. The summed E-state index contributed by atoms with van der Waals surface area (Å²) < 4.78 is 8.34. The zero-order chi connectivity index (χ0) is 24.4. The minimum Gasteiger partial charge on any atom is -0.363 e. The van der Waals surface area contributed by atoms with Crippen LogP contribution in [0.3, 0.4) is 0 Å². The van der Waals surface area contributed by atoms with Crippen LogP contribution in [0.2, 0.25) is 10.3 Å². The predicted molar refractivity (Wildman–Crippen MR) is 153 cm³/mol. The molecule has 1 atom stereocenters. The van der Waals surface area contributed by atoms with Gasteiger partial charge in [0.1, 0.15) is 16.4 Å². The van der Waals surface area contributed by atoms with Gasteiger partial charge in [0.15, 0.2) is 0 Å². The molecule has 2 aromatic heterocycles. The minimum atomic E-state index is -0.435. The van der Waals surface area contributed by atoms with Crippen molar-refractivity contribution in [1.82, 2.24) is 14.5 Å². The molecule has 0 aliphatic carbocycles. The Balaban J connectivity index is 0.00000190. The molecule has 2 heterocycles. The first-order valence-corrected chi connectivity index (χ1v) is 11.7. The van der Waals surface area contributed by atoms with E-state index in [0.717, 1.165) is 38.7 Å². The van der Waals surface area contributed by atoms with Crippen molar-refractivity contribution in [1.29, 1.82) is 5.26 Å². The van der Waals surface area contributed by atoms with Gasteiger partial charge in [-0.05, 0) is 51.7 Å². The van der Waals surface area contributed by atoms with Crippen molar-refractivity contribution in [2.75, 3.05) is 0 Å². The van der Waals surface area contributed by atoms with Gasteiger partial charge in [-0.3, -0.25) is 0 Å². The Hall–Kier alpha value is -3.11. The zero-order valence-corrected chi connectivity index (χ0v) is 22.8. The molecule has 5 aromatic rings. The Morgan fingerprint density at radius 1 is 0.946 bits per heavy atom. The normalized spacial score (nSPS) is 11.3. The summed E-state index contributed by atoms with van der Waals surface area (Å²) in [5, 5.41) is 12.7. The third-order valence-electron chi connectivity index (χ3n) is 5.91. The van der Waals surface area contributed by atoms with Crippen LogP contribution >= 0.6 is 48.0 Å². The van der Waals surface area contributed by atoms with Gasteiger partial charge in [-0.25, -0.2) is 9.97 Å². The largest absolute Gasteiger partial charge is 0.363 e. The summed E-state index contributed by atoms with van der Waals surface area (Å²) in [7, 11) is 1.92. The van der Waals surface area contributed by atoms with Crippen LogP contribution in [0, 0.1) is 11.3 Å². The van der Waals surface area contributed by atoms with Crippen molar-refractivity contribution < 1.29 is 4.74 Å². The molecule has 0 saturated carbocycles. The predicted octanol–water partition coefficient (Wildman–Crippen LogP) is 7.96. The second kappa shape index (κ2) is 12.4. The van der Waals surface area contributed by atoms with Gasteiger partial charge in [0.2, 0.25) is 0 Å². The molecule has 0 radical (unpaired) electrons. The molecule has 188 valence electrons. The number of aryl methyl sites for hydroxylation is 1. The maximum atomic E-state index is 9.89. The maximum absolute atomic E-state index is 9.89. The van der Waals surface area contributed by atoms with Crippen molar-refractivity contribution >= 4 is 58.8 Å². The zero-order valence-electron chi connectivity index (χ0n) is 19.6. The molecule has 0 amide bonds. The molecule has 0 aliphatic heterocycles. The second-order valence-electron chi connectivity index (χ2n) is 8.18. The van der Waals surface area contributed by atoms with Crippen molar-refractivity contribution in [3.63, 3.8) is 0 Å². The number of nitrogens with zero attached hydrogens (tertiary/aromatic N) is 4. The number of ether oxygens (including phenoxy) is 1. The number of pyridine rings is 1. The summed E-state index contributed by atoms with van der Waals surface area (Å²) in [6.45, 7) is 0.265. The highest BCUT2D eigenvalue weighted by Gasteiger charge is 2.21. The summed E-state index contributed by atoms with van der Waals surface area (Å²) in [6.07, 6.45) is 3.09. The van der Waals surface area contributed by atoms with Crippen molar-refractivity contribution in [3.05, 3.63) is 118 Å². The number of hydrogen-bond acceptors (Lipinski definition) is 4. The molecular weight excluding hydrogens is 550 g/mol. The number of benzene rings is 3. The van der Waals surface area contributed by atoms with Gasteiger partial charge in [0.25, 0.3) is 0 Å². The van der Waals surface area contributed by atoms with E-state index in [1.165, 1.54) is 0 Å². The number of imidazole rings is 1. The van der Waals surface area contributed by atoms with E-state index in [0.29, 0.717) is 15.9 Å². The maximum Gasteiger partial charge on any atom is 0.131 e. The monoisotopic (exact) mass is 570 g/mol. The number of aromatic nitrogens is 3. The van der Waals surface area contributed by atoms with Crippen molar-refractivity contribution in [2.24, 2.45) is 7.05 Å². The summed E-state index contributed by atoms with van der Waals surface area (Å²) in [5.41, 5.74) is 5.05. The van der Waals surface area contributed by atoms with Gasteiger partial charge in [-0.1, -0.05) is 71.7 Å². The Bertz CT molecular complexity index is 1550. The Morgan fingerprint density at radius 3 is 2.38 bits per heavy atom. The standard InChI is InChI=1S/C28H20Cl2N4O.2ClH/c1-34-17-32-15-25(34)28(35-16-18-11-26(29)33-27(30)12-18)20-9-10-21(14-31)24(13-20)23-8-4-6-19-5-2-3-7-22(19)23;;/h2-13,15,17,28H,16H2,1H3;2*1H. The highest BCUT2D eigenvalue weighted by atomic mass is 35.5. The van der Waals surface area contributed by atoms with E-state index in [4.69, 9.17) is 27.9 Å². The lowest BCUT2D eigenvalue weighted by molar-refractivity contribution is 0.0622. The molecule has 0 saturated heterocycles. The second-order valence-corrected chi connectivity index (χ2v) is 8.96. The average Bonchev–Trinajstić information content (AvgIpc) is 3.28. The lowest BCUT2D eigenvalue weighted by atomic mass is 9.92. The molecule has 3 aromatic carbocycles. The lowest BCUT2D eigenvalue weighted by Gasteiger charge is -2.21. The third kappa shape index (κ3) is 6.07. The first-order chi connectivity index (χ1) is 17.0. The highest BCUT2D eigenvalue weighted by Crippen LogP contribution is 2.35. The van der Waals surface area contributed by atoms with E-state index in [1.807, 2.05) is 54.1 Å². The fraction of sp³-hybridized carbons (Fsp3) is 0.107. The van der Waals surface area contributed by atoms with E-state index < -0.39 is 6.10 Å². The molecule has 0 spiro atoms. The molecule has 5 rings (SSSR count). The van der Waals surface area contributed by atoms with Crippen LogP contribution in [0.1, 0.15) is 28.5 Å². The fourth-order valence-electron chi connectivity index (χ4n) is 4.26. The van der Waals surface area contributed by atoms with E-state index in [9.17, 15) is 5.26 Å². The van der Waals surface area contributed by atoms with Crippen LogP contribution in [0.5, 0.6) is 0 Å². The minimum absolute atomic E-state index is 0. The van der Waals surface area contributed by atoms with E-state index >= 15 is 0 Å². The lowest BCUT2D eigenvalue weighted by Crippen LogP contribution is -2.11. The number of fused-ring (bicyclic) bond motifs is 1. The molecular formula is C28H22Cl4N4O.